The summed E-state index contributed by atoms with van der Waals surface area (Å²) in [4.78, 5) is 46.9. The second kappa shape index (κ2) is 11.8. The molecule has 2 aromatic carbocycles. The Morgan fingerprint density at radius 1 is 0.767 bits per heavy atom. The van der Waals surface area contributed by atoms with E-state index in [9.17, 15) is 19.2 Å². The number of hydrogen-bond donors (Lipinski definition) is 0. The fraction of sp³-hybridized carbons (Fsp3) is 0.238. The monoisotopic (exact) mass is 451 g/mol. The minimum Gasteiger partial charge on any atom is -0.458 e. The summed E-state index contributed by atoms with van der Waals surface area (Å²) in [5.74, 6) is -2.46. The summed E-state index contributed by atoms with van der Waals surface area (Å²) in [6.07, 6.45) is -0.780. The third-order valence-electron chi connectivity index (χ3n) is 3.48. The van der Waals surface area contributed by atoms with Crippen LogP contribution in [-0.4, -0.2) is 36.6 Å². The maximum absolute atomic E-state index is 12.3. The Balaban J connectivity index is 0.00000450. The molecule has 2 rings (SSSR count). The molecule has 0 fully saturated rings. The van der Waals surface area contributed by atoms with Crippen molar-refractivity contribution in [2.45, 2.75) is 26.9 Å². The molecule has 9 heteroatoms. The van der Waals surface area contributed by atoms with Crippen LogP contribution >= 0.6 is 0 Å². The van der Waals surface area contributed by atoms with E-state index in [-0.39, 0.29) is 47.8 Å². The number of para-hydroxylation sites is 2. The topological polar surface area (TPSA) is 105 Å². The van der Waals surface area contributed by atoms with Crippen molar-refractivity contribution < 1.29 is 56.7 Å². The first-order valence-corrected chi connectivity index (χ1v) is 8.71. The summed E-state index contributed by atoms with van der Waals surface area (Å²) in [7, 11) is 0. The van der Waals surface area contributed by atoms with Crippen molar-refractivity contribution in [2.75, 3.05) is 6.61 Å². The van der Waals surface area contributed by atoms with Crippen LogP contribution in [0.4, 0.5) is 0 Å². The summed E-state index contributed by atoms with van der Waals surface area (Å²) in [6.45, 7) is 3.75. The predicted octanol–water partition coefficient (Wildman–Crippen LogP) is 2.94. The normalized spacial score (nSPS) is 10.8. The molecule has 0 heterocycles. The number of esters is 4. The van der Waals surface area contributed by atoms with Crippen molar-refractivity contribution in [1.82, 2.24) is 0 Å². The number of benzene rings is 2. The number of hydrogen-bond acceptors (Lipinski definition) is 8. The van der Waals surface area contributed by atoms with Gasteiger partial charge < -0.3 is 18.9 Å². The van der Waals surface area contributed by atoms with E-state index in [1.54, 1.807) is 24.3 Å². The third kappa shape index (κ3) is 7.38. The Morgan fingerprint density at radius 2 is 1.20 bits per heavy atom. The SMILES string of the molecule is CC(=O)Oc1ccccc1C(=O)OCC(C)OC(=O)c1ccccc1OC(C)=O.[V]. The Kier molecular flexibility index (Phi) is 9.81. The molecule has 0 amide bonds. The van der Waals surface area contributed by atoms with E-state index in [0.29, 0.717) is 0 Å². The van der Waals surface area contributed by atoms with Gasteiger partial charge >= 0.3 is 23.9 Å². The number of rotatable bonds is 7. The van der Waals surface area contributed by atoms with Crippen LogP contribution in [-0.2, 0) is 37.6 Å². The molecule has 0 aliphatic rings. The van der Waals surface area contributed by atoms with Gasteiger partial charge in [-0.3, -0.25) is 9.59 Å². The second-order valence-corrected chi connectivity index (χ2v) is 5.99. The summed E-state index contributed by atoms with van der Waals surface area (Å²) in [5.41, 5.74) is 0.141. The smallest absolute Gasteiger partial charge is 0.342 e. The van der Waals surface area contributed by atoms with Crippen LogP contribution in [0.25, 0.3) is 0 Å². The molecule has 0 aliphatic heterocycles. The van der Waals surface area contributed by atoms with E-state index in [0.717, 1.165) is 0 Å². The number of ether oxygens (including phenoxy) is 4. The van der Waals surface area contributed by atoms with Crippen molar-refractivity contribution in [2.24, 2.45) is 0 Å². The standard InChI is InChI=1S/C21H20O8.V/c1-13(27-21(25)17-9-5-7-11-19(17)29-15(3)23)12-26-20(24)16-8-4-6-10-18(16)28-14(2)22;/h4-11,13H,12H2,1-3H3;. The Hall–Kier alpha value is -3.10. The first-order chi connectivity index (χ1) is 13.8. The zero-order chi connectivity index (χ0) is 21.4. The molecule has 30 heavy (non-hydrogen) atoms. The first-order valence-electron chi connectivity index (χ1n) is 8.71. The van der Waals surface area contributed by atoms with Crippen molar-refractivity contribution in [3.63, 3.8) is 0 Å². The van der Waals surface area contributed by atoms with Crippen molar-refractivity contribution in [3.8, 4) is 11.5 Å². The van der Waals surface area contributed by atoms with Gasteiger partial charge in [0.15, 0.2) is 0 Å². The third-order valence-corrected chi connectivity index (χ3v) is 3.48. The van der Waals surface area contributed by atoms with E-state index in [1.165, 1.54) is 45.0 Å². The summed E-state index contributed by atoms with van der Waals surface area (Å²) < 4.78 is 20.4. The van der Waals surface area contributed by atoms with E-state index in [4.69, 9.17) is 18.9 Å². The van der Waals surface area contributed by atoms with Gasteiger partial charge in [-0.2, -0.15) is 0 Å². The minimum atomic E-state index is -0.780. The summed E-state index contributed by atoms with van der Waals surface area (Å²) in [5, 5.41) is 0. The van der Waals surface area contributed by atoms with Crippen LogP contribution in [0.15, 0.2) is 48.5 Å². The number of carbonyl (C=O) groups is 4. The Morgan fingerprint density at radius 3 is 1.67 bits per heavy atom. The largest absolute Gasteiger partial charge is 0.458 e. The molecule has 8 nitrogen and oxygen atoms in total. The fourth-order valence-electron chi connectivity index (χ4n) is 2.31. The molecular weight excluding hydrogens is 431 g/mol. The van der Waals surface area contributed by atoms with Crippen LogP contribution in [0.2, 0.25) is 0 Å². The zero-order valence-electron chi connectivity index (χ0n) is 16.6. The van der Waals surface area contributed by atoms with E-state index < -0.39 is 30.0 Å². The van der Waals surface area contributed by atoms with Crippen LogP contribution in [0, 0.1) is 0 Å². The summed E-state index contributed by atoms with van der Waals surface area (Å²) >= 11 is 0. The van der Waals surface area contributed by atoms with Crippen molar-refractivity contribution in [1.29, 1.82) is 0 Å². The van der Waals surface area contributed by atoms with Gasteiger partial charge in [-0.1, -0.05) is 24.3 Å². The molecule has 1 unspecified atom stereocenters. The second-order valence-electron chi connectivity index (χ2n) is 5.99. The predicted molar refractivity (Wildman–Crippen MR) is 101 cm³/mol. The molecular formula is C21H20O8V. The molecule has 2 aromatic rings. The van der Waals surface area contributed by atoms with Gasteiger partial charge in [0.1, 0.15) is 35.3 Å². The van der Waals surface area contributed by atoms with Crippen molar-refractivity contribution in [3.05, 3.63) is 59.7 Å². The maximum atomic E-state index is 12.3. The van der Waals surface area contributed by atoms with Crippen molar-refractivity contribution >= 4 is 23.9 Å². The molecule has 0 aromatic heterocycles. The number of carbonyl (C=O) groups excluding carboxylic acids is 4. The fourth-order valence-corrected chi connectivity index (χ4v) is 2.31. The van der Waals surface area contributed by atoms with Crippen LogP contribution in [0.3, 0.4) is 0 Å². The van der Waals surface area contributed by atoms with E-state index >= 15 is 0 Å². The van der Waals surface area contributed by atoms with Gasteiger partial charge in [0, 0.05) is 32.4 Å². The van der Waals surface area contributed by atoms with Gasteiger partial charge in [0.25, 0.3) is 0 Å². The first kappa shape index (κ1) is 24.9. The van der Waals surface area contributed by atoms with Crippen LogP contribution in [0.1, 0.15) is 41.5 Å². The molecule has 0 saturated carbocycles. The average molecular weight is 451 g/mol. The average Bonchev–Trinajstić information content (AvgIpc) is 2.66. The van der Waals surface area contributed by atoms with Crippen LogP contribution in [0.5, 0.6) is 11.5 Å². The molecule has 157 valence electrons. The van der Waals surface area contributed by atoms with Gasteiger partial charge in [0.05, 0.1) is 0 Å². The summed E-state index contributed by atoms with van der Waals surface area (Å²) in [6, 6.07) is 12.3. The molecule has 0 bridgehead atoms. The van der Waals surface area contributed by atoms with Gasteiger partial charge in [-0.15, -0.1) is 0 Å². The zero-order valence-corrected chi connectivity index (χ0v) is 18.0. The quantitative estimate of drug-likeness (QED) is 0.468. The Labute approximate surface area is 185 Å². The van der Waals surface area contributed by atoms with Crippen LogP contribution < -0.4 is 9.47 Å². The molecule has 0 saturated heterocycles. The van der Waals surface area contributed by atoms with Gasteiger partial charge in [0.2, 0.25) is 0 Å². The van der Waals surface area contributed by atoms with Gasteiger partial charge in [-0.25, -0.2) is 9.59 Å². The molecule has 0 N–H and O–H groups in total. The van der Waals surface area contributed by atoms with E-state index in [1.807, 2.05) is 0 Å². The minimum absolute atomic E-state index is 0. The van der Waals surface area contributed by atoms with E-state index in [2.05, 4.69) is 0 Å². The molecule has 1 atom stereocenters. The molecule has 1 radical (unpaired) electrons. The molecule has 0 aliphatic carbocycles. The Bertz CT molecular complexity index is 925. The molecule has 0 spiro atoms. The van der Waals surface area contributed by atoms with Gasteiger partial charge in [-0.05, 0) is 31.2 Å². The maximum Gasteiger partial charge on any atom is 0.342 e.